The second kappa shape index (κ2) is 5.53. The van der Waals surface area contributed by atoms with Crippen molar-refractivity contribution in [3.8, 4) is 0 Å². The third-order valence-electron chi connectivity index (χ3n) is 4.68. The second-order valence-corrected chi connectivity index (χ2v) is 6.02. The number of piperidine rings is 1. The number of fused-ring (bicyclic) bond motifs is 1. The molecule has 3 aromatic rings. The maximum Gasteiger partial charge on any atom is 0.254 e. The molecule has 0 N–H and O–H groups in total. The van der Waals surface area contributed by atoms with E-state index >= 15 is 0 Å². The minimum Gasteiger partial charge on any atom is -0.351 e. The van der Waals surface area contributed by atoms with Gasteiger partial charge in [-0.05, 0) is 31.0 Å². The average molecular weight is 310 g/mol. The molecule has 0 bridgehead atoms. The Kier molecular flexibility index (Phi) is 3.37. The number of rotatable bonds is 2. The highest BCUT2D eigenvalue weighted by Gasteiger charge is 2.27. The maximum absolute atomic E-state index is 12.9. The molecule has 0 radical (unpaired) electrons. The molecule has 6 nitrogen and oxygen atoms in total. The van der Waals surface area contributed by atoms with Crippen molar-refractivity contribution < 1.29 is 9.32 Å². The molecular weight excluding hydrogens is 292 g/mol. The van der Waals surface area contributed by atoms with Crippen molar-refractivity contribution in [1.29, 1.82) is 0 Å². The van der Waals surface area contributed by atoms with E-state index in [2.05, 4.69) is 10.1 Å². The molecule has 118 valence electrons. The molecule has 4 rings (SSSR count). The number of carbonyl (C=O) groups excluding carboxylic acids is 1. The van der Waals surface area contributed by atoms with E-state index in [-0.39, 0.29) is 11.8 Å². The van der Waals surface area contributed by atoms with E-state index in [1.165, 1.54) is 6.39 Å². The van der Waals surface area contributed by atoms with Crippen molar-refractivity contribution in [1.82, 2.24) is 19.6 Å². The van der Waals surface area contributed by atoms with Crippen LogP contribution in [0.5, 0.6) is 0 Å². The molecular formula is C17H18N4O2. The van der Waals surface area contributed by atoms with Gasteiger partial charge in [-0.3, -0.25) is 4.79 Å². The number of hydrogen-bond acceptors (Lipinski definition) is 4. The van der Waals surface area contributed by atoms with Gasteiger partial charge >= 0.3 is 0 Å². The van der Waals surface area contributed by atoms with Crippen molar-refractivity contribution in [2.45, 2.75) is 18.8 Å². The Hall–Kier alpha value is -2.63. The Morgan fingerprint density at radius 2 is 2.09 bits per heavy atom. The van der Waals surface area contributed by atoms with E-state index in [9.17, 15) is 4.79 Å². The van der Waals surface area contributed by atoms with Gasteiger partial charge in [-0.1, -0.05) is 11.2 Å². The smallest absolute Gasteiger partial charge is 0.254 e. The summed E-state index contributed by atoms with van der Waals surface area (Å²) < 4.78 is 6.85. The summed E-state index contributed by atoms with van der Waals surface area (Å²) in [5.41, 5.74) is 1.86. The number of nitrogens with zero attached hydrogens (tertiary/aromatic N) is 4. The summed E-state index contributed by atoms with van der Waals surface area (Å²) in [5.74, 6) is 1.14. The Balaban J connectivity index is 1.53. The molecule has 0 saturated carbocycles. The molecule has 0 spiro atoms. The van der Waals surface area contributed by atoms with Crippen molar-refractivity contribution in [3.63, 3.8) is 0 Å². The fourth-order valence-corrected chi connectivity index (χ4v) is 3.36. The molecule has 0 aliphatic carbocycles. The second-order valence-electron chi connectivity index (χ2n) is 6.02. The number of benzene rings is 1. The van der Waals surface area contributed by atoms with Gasteiger partial charge in [0.1, 0.15) is 0 Å². The fourth-order valence-electron chi connectivity index (χ4n) is 3.36. The van der Waals surface area contributed by atoms with Gasteiger partial charge in [0, 0.05) is 48.7 Å². The zero-order chi connectivity index (χ0) is 15.8. The topological polar surface area (TPSA) is 64.2 Å². The predicted octanol–water partition coefficient (Wildman–Crippen LogP) is 2.58. The first-order valence-electron chi connectivity index (χ1n) is 7.83. The van der Waals surface area contributed by atoms with E-state index in [1.807, 2.05) is 47.0 Å². The SMILES string of the molecule is Cn1ccc2c(C(=O)N3CCC(c4ncon4)CC3)cccc21. The van der Waals surface area contributed by atoms with Gasteiger partial charge < -0.3 is 14.0 Å². The van der Waals surface area contributed by atoms with E-state index in [0.29, 0.717) is 0 Å². The van der Waals surface area contributed by atoms with E-state index in [4.69, 9.17) is 4.52 Å². The first-order chi connectivity index (χ1) is 11.2. The lowest BCUT2D eigenvalue weighted by Crippen LogP contribution is -2.38. The van der Waals surface area contributed by atoms with Crippen LogP contribution in [-0.2, 0) is 7.05 Å². The fraction of sp³-hybridized carbons (Fsp3) is 0.353. The molecule has 1 saturated heterocycles. The molecule has 0 atom stereocenters. The number of carbonyl (C=O) groups is 1. The summed E-state index contributed by atoms with van der Waals surface area (Å²) in [6.45, 7) is 1.45. The molecule has 1 aromatic carbocycles. The number of aromatic nitrogens is 3. The lowest BCUT2D eigenvalue weighted by atomic mass is 9.95. The molecule has 1 aliphatic rings. The Morgan fingerprint density at radius 1 is 1.26 bits per heavy atom. The van der Waals surface area contributed by atoms with Crippen LogP contribution in [0.25, 0.3) is 10.9 Å². The van der Waals surface area contributed by atoms with Gasteiger partial charge in [0.05, 0.1) is 0 Å². The summed E-state index contributed by atoms with van der Waals surface area (Å²) in [5, 5.41) is 4.93. The summed E-state index contributed by atoms with van der Waals surface area (Å²) in [4.78, 5) is 18.9. The van der Waals surface area contributed by atoms with Gasteiger partial charge in [-0.25, -0.2) is 0 Å². The largest absolute Gasteiger partial charge is 0.351 e. The van der Waals surface area contributed by atoms with Crippen LogP contribution in [0.15, 0.2) is 41.4 Å². The minimum atomic E-state index is 0.105. The molecule has 1 fully saturated rings. The lowest BCUT2D eigenvalue weighted by Gasteiger charge is -2.30. The predicted molar refractivity (Wildman–Crippen MR) is 85.1 cm³/mol. The molecule has 3 heterocycles. The van der Waals surface area contributed by atoms with Crippen molar-refractivity contribution in [2.75, 3.05) is 13.1 Å². The van der Waals surface area contributed by atoms with E-state index < -0.39 is 0 Å². The van der Waals surface area contributed by atoms with Crippen LogP contribution in [0, 0.1) is 0 Å². The van der Waals surface area contributed by atoms with Gasteiger partial charge in [-0.2, -0.15) is 4.98 Å². The molecule has 6 heteroatoms. The molecule has 1 aliphatic heterocycles. The maximum atomic E-state index is 12.9. The lowest BCUT2D eigenvalue weighted by molar-refractivity contribution is 0.0712. The first kappa shape index (κ1) is 14.0. The summed E-state index contributed by atoms with van der Waals surface area (Å²) in [6, 6.07) is 7.90. The standard InChI is InChI=1S/C17H18N4O2/c1-20-8-7-13-14(3-2-4-15(13)20)17(22)21-9-5-12(6-10-21)16-18-11-23-19-16/h2-4,7-8,11-12H,5-6,9-10H2,1H3. The van der Waals surface area contributed by atoms with Crippen LogP contribution >= 0.6 is 0 Å². The Morgan fingerprint density at radius 3 is 2.83 bits per heavy atom. The van der Waals surface area contributed by atoms with Crippen LogP contribution in [-0.4, -0.2) is 38.6 Å². The average Bonchev–Trinajstić information content (AvgIpc) is 3.25. The monoisotopic (exact) mass is 310 g/mol. The van der Waals surface area contributed by atoms with Crippen molar-refractivity contribution in [3.05, 3.63) is 48.2 Å². The van der Waals surface area contributed by atoms with Gasteiger partial charge in [0.15, 0.2) is 5.82 Å². The molecule has 23 heavy (non-hydrogen) atoms. The van der Waals surface area contributed by atoms with Crippen LogP contribution in [0.2, 0.25) is 0 Å². The zero-order valence-electron chi connectivity index (χ0n) is 13.0. The minimum absolute atomic E-state index is 0.105. The quantitative estimate of drug-likeness (QED) is 0.730. The molecule has 0 unspecified atom stereocenters. The number of aryl methyl sites for hydroxylation is 1. The van der Waals surface area contributed by atoms with E-state index in [0.717, 1.165) is 48.2 Å². The highest BCUT2D eigenvalue weighted by atomic mass is 16.5. The zero-order valence-corrected chi connectivity index (χ0v) is 13.0. The summed E-state index contributed by atoms with van der Waals surface area (Å²) in [6.07, 6.45) is 5.10. The first-order valence-corrected chi connectivity index (χ1v) is 7.83. The van der Waals surface area contributed by atoms with Gasteiger partial charge in [-0.15, -0.1) is 0 Å². The van der Waals surface area contributed by atoms with Crippen molar-refractivity contribution in [2.24, 2.45) is 7.05 Å². The molecule has 1 amide bonds. The highest BCUT2D eigenvalue weighted by Crippen LogP contribution is 2.27. The van der Waals surface area contributed by atoms with Crippen LogP contribution in [0.1, 0.15) is 34.9 Å². The number of amides is 1. The van der Waals surface area contributed by atoms with Crippen molar-refractivity contribution >= 4 is 16.8 Å². The number of likely N-dealkylation sites (tertiary alicyclic amines) is 1. The molecule has 2 aromatic heterocycles. The summed E-state index contributed by atoms with van der Waals surface area (Å²) >= 11 is 0. The third kappa shape index (κ3) is 2.40. The third-order valence-corrected chi connectivity index (χ3v) is 4.68. The van der Waals surface area contributed by atoms with E-state index in [1.54, 1.807) is 0 Å². The summed E-state index contributed by atoms with van der Waals surface area (Å²) in [7, 11) is 1.99. The Labute approximate surface area is 133 Å². The van der Waals surface area contributed by atoms with Crippen LogP contribution in [0.4, 0.5) is 0 Å². The van der Waals surface area contributed by atoms with Gasteiger partial charge in [0.25, 0.3) is 5.91 Å². The van der Waals surface area contributed by atoms with Crippen LogP contribution < -0.4 is 0 Å². The van der Waals surface area contributed by atoms with Gasteiger partial charge in [0.2, 0.25) is 6.39 Å². The highest BCUT2D eigenvalue weighted by molar-refractivity contribution is 6.06. The Bertz CT molecular complexity index is 830. The number of hydrogen-bond donors (Lipinski definition) is 0. The normalized spacial score (nSPS) is 16.1. The van der Waals surface area contributed by atoms with Crippen LogP contribution in [0.3, 0.4) is 0 Å².